The highest BCUT2D eigenvalue weighted by molar-refractivity contribution is 5.83. The van der Waals surface area contributed by atoms with E-state index in [2.05, 4.69) is 11.4 Å². The van der Waals surface area contributed by atoms with Crippen molar-refractivity contribution in [3.63, 3.8) is 0 Å². The molecule has 2 amide bonds. The predicted molar refractivity (Wildman–Crippen MR) is 113 cm³/mol. The Bertz CT molecular complexity index is 931. The van der Waals surface area contributed by atoms with Gasteiger partial charge >= 0.3 is 6.09 Å². The summed E-state index contributed by atoms with van der Waals surface area (Å²) < 4.78 is 5.68. The Hall–Kier alpha value is -3.02. The average molecular weight is 408 g/mol. The Labute approximate surface area is 176 Å². The number of aromatic hydroxyl groups is 1. The molecule has 30 heavy (non-hydrogen) atoms. The van der Waals surface area contributed by atoms with Crippen molar-refractivity contribution in [1.29, 1.82) is 0 Å². The van der Waals surface area contributed by atoms with E-state index >= 15 is 0 Å². The van der Waals surface area contributed by atoms with E-state index < -0.39 is 6.09 Å². The number of ether oxygens (including phenoxy) is 1. The lowest BCUT2D eigenvalue weighted by atomic mass is 9.97. The molecule has 6 heteroatoms. The van der Waals surface area contributed by atoms with Crippen molar-refractivity contribution < 1.29 is 19.4 Å². The number of phenolic OH excluding ortho intramolecular Hbond substituents is 1. The van der Waals surface area contributed by atoms with Crippen LogP contribution in [0.15, 0.2) is 42.5 Å². The van der Waals surface area contributed by atoms with Gasteiger partial charge in [-0.05, 0) is 54.5 Å². The third-order valence-corrected chi connectivity index (χ3v) is 6.15. The molecule has 0 aromatic heterocycles. The molecule has 1 aliphatic heterocycles. The number of carbonyl (C=O) groups excluding carboxylic acids is 2. The molecule has 1 saturated heterocycles. The molecule has 0 unspecified atom stereocenters. The van der Waals surface area contributed by atoms with E-state index in [-0.39, 0.29) is 17.6 Å². The van der Waals surface area contributed by atoms with E-state index in [1.807, 2.05) is 31.2 Å². The number of aryl methyl sites for hydroxylation is 1. The minimum Gasteiger partial charge on any atom is -0.508 e. The van der Waals surface area contributed by atoms with Gasteiger partial charge in [-0.15, -0.1) is 0 Å². The van der Waals surface area contributed by atoms with Gasteiger partial charge in [0.15, 0.2) is 0 Å². The Kier molecular flexibility index (Phi) is 5.93. The molecule has 1 heterocycles. The molecule has 0 atom stereocenters. The lowest BCUT2D eigenvalue weighted by Gasteiger charge is -2.37. The molecule has 2 fully saturated rings. The molecular formula is C24H28N2O4. The van der Waals surface area contributed by atoms with Crippen LogP contribution in [0.1, 0.15) is 48.3 Å². The average Bonchev–Trinajstić information content (AvgIpc) is 3.23. The summed E-state index contributed by atoms with van der Waals surface area (Å²) in [4.78, 5) is 26.5. The molecule has 0 bridgehead atoms. The van der Waals surface area contributed by atoms with Crippen LogP contribution in [-0.4, -0.2) is 35.1 Å². The first-order valence-corrected chi connectivity index (χ1v) is 10.6. The van der Waals surface area contributed by atoms with Crippen LogP contribution < -0.4 is 10.1 Å². The number of rotatable bonds is 5. The number of nitrogens with zero attached hydrogens (tertiary/aromatic N) is 1. The summed E-state index contributed by atoms with van der Waals surface area (Å²) in [6.07, 6.45) is 4.33. The number of amides is 2. The number of hydrogen-bond donors (Lipinski definition) is 2. The van der Waals surface area contributed by atoms with Crippen molar-refractivity contribution in [2.75, 3.05) is 13.1 Å². The monoisotopic (exact) mass is 408 g/mol. The van der Waals surface area contributed by atoms with Gasteiger partial charge in [-0.25, -0.2) is 4.79 Å². The van der Waals surface area contributed by atoms with Gasteiger partial charge < -0.3 is 20.1 Å². The maximum atomic E-state index is 12.5. The van der Waals surface area contributed by atoms with Crippen LogP contribution >= 0.6 is 0 Å². The minimum atomic E-state index is -0.390. The summed E-state index contributed by atoms with van der Waals surface area (Å²) in [7, 11) is 0. The first-order chi connectivity index (χ1) is 14.5. The highest BCUT2D eigenvalue weighted by Gasteiger charge is 2.37. The van der Waals surface area contributed by atoms with E-state index in [4.69, 9.17) is 4.74 Å². The molecule has 158 valence electrons. The van der Waals surface area contributed by atoms with Crippen molar-refractivity contribution in [1.82, 2.24) is 10.2 Å². The maximum Gasteiger partial charge on any atom is 0.415 e. The van der Waals surface area contributed by atoms with Crippen molar-refractivity contribution >= 4 is 12.0 Å². The first kappa shape index (κ1) is 20.3. The molecule has 4 rings (SSSR count). The molecule has 1 aliphatic carbocycles. The first-order valence-electron chi connectivity index (χ1n) is 10.6. The lowest BCUT2D eigenvalue weighted by molar-refractivity contribution is -0.129. The van der Waals surface area contributed by atoms with Crippen molar-refractivity contribution in [2.45, 2.75) is 45.1 Å². The summed E-state index contributed by atoms with van der Waals surface area (Å²) in [5.74, 6) is 1.06. The van der Waals surface area contributed by atoms with Crippen LogP contribution in [0.25, 0.3) is 0 Å². The van der Waals surface area contributed by atoms with Gasteiger partial charge in [0.2, 0.25) is 5.91 Å². The van der Waals surface area contributed by atoms with Crippen molar-refractivity contribution in [3.05, 3.63) is 59.2 Å². The fraction of sp³-hybridized carbons (Fsp3) is 0.417. The second-order valence-corrected chi connectivity index (χ2v) is 8.33. The molecular weight excluding hydrogens is 380 g/mol. The summed E-state index contributed by atoms with van der Waals surface area (Å²) in [6.45, 7) is 2.95. The number of hydrogen-bond acceptors (Lipinski definition) is 4. The third kappa shape index (κ3) is 4.42. The smallest absolute Gasteiger partial charge is 0.415 e. The Morgan fingerprint density at radius 3 is 2.60 bits per heavy atom. The van der Waals surface area contributed by atoms with Gasteiger partial charge in [0.1, 0.15) is 11.5 Å². The molecule has 0 spiro atoms. The summed E-state index contributed by atoms with van der Waals surface area (Å²) in [5.41, 5.74) is 2.82. The number of para-hydroxylation sites is 1. The third-order valence-electron chi connectivity index (χ3n) is 6.15. The lowest BCUT2D eigenvalue weighted by Crippen LogP contribution is -2.56. The topological polar surface area (TPSA) is 78.9 Å². The molecule has 1 saturated carbocycles. The van der Waals surface area contributed by atoms with Crippen LogP contribution in [0, 0.1) is 12.8 Å². The number of benzene rings is 2. The quantitative estimate of drug-likeness (QED) is 0.781. The van der Waals surface area contributed by atoms with Crippen molar-refractivity contribution in [2.24, 2.45) is 5.92 Å². The zero-order valence-electron chi connectivity index (χ0n) is 17.3. The number of carbonyl (C=O) groups is 2. The second kappa shape index (κ2) is 8.78. The molecule has 2 aliphatic rings. The fourth-order valence-electron chi connectivity index (χ4n) is 4.26. The largest absolute Gasteiger partial charge is 0.508 e. The Morgan fingerprint density at radius 2 is 1.87 bits per heavy atom. The minimum absolute atomic E-state index is 0.0730. The van der Waals surface area contributed by atoms with Crippen LogP contribution in [0.3, 0.4) is 0 Å². The van der Waals surface area contributed by atoms with Gasteiger partial charge in [0.05, 0.1) is 5.92 Å². The highest BCUT2D eigenvalue weighted by atomic mass is 16.6. The van der Waals surface area contributed by atoms with Crippen molar-refractivity contribution in [3.8, 4) is 11.5 Å². The van der Waals surface area contributed by atoms with Gasteiger partial charge in [-0.3, -0.25) is 4.79 Å². The zero-order chi connectivity index (χ0) is 21.1. The zero-order valence-corrected chi connectivity index (χ0v) is 17.3. The predicted octanol–water partition coefficient (Wildman–Crippen LogP) is 4.11. The number of phenols is 1. The molecule has 0 radical (unpaired) electrons. The van der Waals surface area contributed by atoms with Gasteiger partial charge in [0.25, 0.3) is 0 Å². The standard InChI is InChI=1S/C24H28N2O4/c1-16-12-17(10-11-21(16)27)13-25-23(28)19-14-26(15-19)24(29)30-22-9-5-4-8-20(22)18-6-2-3-7-18/h4-5,8-12,18-19,27H,2-3,6-7,13-15H2,1H3,(H,25,28). The molecule has 6 nitrogen and oxygen atoms in total. The second-order valence-electron chi connectivity index (χ2n) is 8.33. The maximum absolute atomic E-state index is 12.5. The van der Waals surface area contributed by atoms with E-state index in [0.29, 0.717) is 31.3 Å². The fourth-order valence-corrected chi connectivity index (χ4v) is 4.26. The number of likely N-dealkylation sites (tertiary alicyclic amines) is 1. The Morgan fingerprint density at radius 1 is 1.13 bits per heavy atom. The Balaban J connectivity index is 1.26. The van der Waals surface area contributed by atoms with E-state index in [9.17, 15) is 14.7 Å². The van der Waals surface area contributed by atoms with Crippen LogP contribution in [-0.2, 0) is 11.3 Å². The van der Waals surface area contributed by atoms with Crippen LogP contribution in [0.2, 0.25) is 0 Å². The SMILES string of the molecule is Cc1cc(CNC(=O)C2CN(C(=O)Oc3ccccc3C3CCCC3)C2)ccc1O. The van der Waals surface area contributed by atoms with E-state index in [0.717, 1.165) is 29.5 Å². The summed E-state index contributed by atoms with van der Waals surface area (Å²) in [6, 6.07) is 13.0. The highest BCUT2D eigenvalue weighted by Crippen LogP contribution is 2.38. The normalized spacial score (nSPS) is 16.9. The molecule has 2 N–H and O–H groups in total. The van der Waals surface area contributed by atoms with Gasteiger partial charge in [-0.1, -0.05) is 43.2 Å². The van der Waals surface area contributed by atoms with Gasteiger partial charge in [-0.2, -0.15) is 0 Å². The van der Waals surface area contributed by atoms with Crippen LogP contribution in [0.5, 0.6) is 11.5 Å². The summed E-state index contributed by atoms with van der Waals surface area (Å²) in [5, 5.41) is 12.5. The van der Waals surface area contributed by atoms with E-state index in [1.165, 1.54) is 12.8 Å². The molecule has 2 aromatic rings. The summed E-state index contributed by atoms with van der Waals surface area (Å²) >= 11 is 0. The number of nitrogens with one attached hydrogen (secondary N) is 1. The molecule has 2 aromatic carbocycles. The van der Waals surface area contributed by atoms with Gasteiger partial charge in [0, 0.05) is 19.6 Å². The van der Waals surface area contributed by atoms with E-state index in [1.54, 1.807) is 17.0 Å². The van der Waals surface area contributed by atoms with Crippen LogP contribution in [0.4, 0.5) is 4.79 Å².